The highest BCUT2D eigenvalue weighted by Crippen LogP contribution is 2.38. The van der Waals surface area contributed by atoms with Crippen molar-refractivity contribution in [2.24, 2.45) is 7.05 Å². The summed E-state index contributed by atoms with van der Waals surface area (Å²) in [6.07, 6.45) is 1.73. The van der Waals surface area contributed by atoms with Gasteiger partial charge in [-0.3, -0.25) is 9.59 Å². The largest absolute Gasteiger partial charge is 0.354 e. The summed E-state index contributed by atoms with van der Waals surface area (Å²) in [5.74, 6) is -0.872. The molecule has 5 rings (SSSR count). The van der Waals surface area contributed by atoms with Gasteiger partial charge >= 0.3 is 0 Å². The number of anilines is 2. The van der Waals surface area contributed by atoms with Crippen LogP contribution in [0, 0.1) is 5.82 Å². The zero-order valence-corrected chi connectivity index (χ0v) is 21.7. The summed E-state index contributed by atoms with van der Waals surface area (Å²) in [5.41, 5.74) is 5.55. The highest BCUT2D eigenvalue weighted by Gasteiger charge is 2.29. The number of carbonyl (C=O) groups excluding carboxylic acids is 2. The number of benzene rings is 3. The van der Waals surface area contributed by atoms with E-state index in [1.165, 1.54) is 12.1 Å². The highest BCUT2D eigenvalue weighted by atomic mass is 19.1. The molecule has 0 saturated heterocycles. The van der Waals surface area contributed by atoms with Crippen molar-refractivity contribution in [1.29, 1.82) is 0 Å². The number of hydrogen-bond acceptors (Lipinski definition) is 5. The van der Waals surface area contributed by atoms with E-state index in [9.17, 15) is 14.0 Å². The maximum Gasteiger partial charge on any atom is 0.258 e. The maximum absolute atomic E-state index is 13.9. The number of nitrogens with zero attached hydrogens (tertiary/aromatic N) is 4. The number of aromatic nitrogens is 2. The highest BCUT2D eigenvalue weighted by molar-refractivity contribution is 6.37. The first-order chi connectivity index (χ1) is 18.2. The first-order valence-corrected chi connectivity index (χ1v) is 12.3. The van der Waals surface area contributed by atoms with Gasteiger partial charge in [-0.05, 0) is 62.6 Å². The van der Waals surface area contributed by atoms with Gasteiger partial charge in [0.25, 0.3) is 11.8 Å². The zero-order valence-electron chi connectivity index (χ0n) is 21.7. The van der Waals surface area contributed by atoms with Crippen molar-refractivity contribution in [3.05, 3.63) is 89.5 Å². The molecule has 0 atom stereocenters. The lowest BCUT2D eigenvalue weighted by Gasteiger charge is -2.20. The number of rotatable bonds is 7. The maximum atomic E-state index is 13.9. The van der Waals surface area contributed by atoms with Gasteiger partial charge in [0.05, 0.1) is 34.3 Å². The predicted molar refractivity (Wildman–Crippen MR) is 148 cm³/mol. The molecule has 0 saturated carbocycles. The quantitative estimate of drug-likeness (QED) is 0.361. The Hall–Kier alpha value is -4.50. The molecule has 0 spiro atoms. The van der Waals surface area contributed by atoms with Gasteiger partial charge in [-0.25, -0.2) is 9.37 Å². The molecule has 0 radical (unpaired) electrons. The van der Waals surface area contributed by atoms with Gasteiger partial charge in [-0.2, -0.15) is 0 Å². The average molecular weight is 513 g/mol. The predicted octanol–water partition coefficient (Wildman–Crippen LogP) is 4.28. The second-order valence-corrected chi connectivity index (χ2v) is 9.69. The molecule has 9 heteroatoms. The fourth-order valence-electron chi connectivity index (χ4n) is 4.51. The summed E-state index contributed by atoms with van der Waals surface area (Å²) in [6, 6.07) is 17.2. The van der Waals surface area contributed by atoms with E-state index in [-0.39, 0.29) is 11.8 Å². The van der Waals surface area contributed by atoms with Gasteiger partial charge in [0.1, 0.15) is 5.82 Å². The Labute approximate surface area is 220 Å². The van der Waals surface area contributed by atoms with E-state index in [0.717, 1.165) is 23.1 Å². The standard InChI is InChI=1S/C29H29FN6O2/c1-34(2)12-13-35(3)29(38)19-6-5-7-21(14-19)32-27(18-8-11-25-24(15-18)31-17-36(25)4)26-22-10-9-20(30)16-23(22)33-28(26)37/h5-11,14-17,32H,12-13H2,1-4H3,(H,33,37). The third-order valence-corrected chi connectivity index (χ3v) is 6.60. The first-order valence-electron chi connectivity index (χ1n) is 12.3. The molecule has 0 aliphatic carbocycles. The molecule has 194 valence electrons. The lowest BCUT2D eigenvalue weighted by molar-refractivity contribution is -0.110. The van der Waals surface area contributed by atoms with E-state index < -0.39 is 5.82 Å². The van der Waals surface area contributed by atoms with E-state index in [1.54, 1.807) is 42.5 Å². The summed E-state index contributed by atoms with van der Waals surface area (Å²) in [4.78, 5) is 34.4. The molecular weight excluding hydrogens is 483 g/mol. The number of amides is 2. The van der Waals surface area contributed by atoms with Crippen LogP contribution < -0.4 is 10.6 Å². The van der Waals surface area contributed by atoms with Crippen LogP contribution in [0.1, 0.15) is 21.5 Å². The number of halogens is 1. The Balaban J connectivity index is 1.58. The van der Waals surface area contributed by atoms with Gasteiger partial charge in [-0.1, -0.05) is 12.1 Å². The van der Waals surface area contributed by atoms with E-state index in [4.69, 9.17) is 0 Å². The third kappa shape index (κ3) is 4.88. The molecule has 1 aliphatic heterocycles. The fraction of sp³-hybridized carbons (Fsp3) is 0.207. The molecule has 0 bridgehead atoms. The number of carbonyl (C=O) groups is 2. The topological polar surface area (TPSA) is 82.5 Å². The monoisotopic (exact) mass is 512 g/mol. The van der Waals surface area contributed by atoms with Gasteiger partial charge < -0.3 is 25.0 Å². The van der Waals surface area contributed by atoms with E-state index >= 15 is 0 Å². The Morgan fingerprint density at radius 1 is 1.03 bits per heavy atom. The number of nitrogens with one attached hydrogen (secondary N) is 2. The summed E-state index contributed by atoms with van der Waals surface area (Å²) >= 11 is 0. The smallest absolute Gasteiger partial charge is 0.258 e. The normalized spacial score (nSPS) is 14.0. The van der Waals surface area contributed by atoms with Crippen LogP contribution in [0.4, 0.5) is 15.8 Å². The Morgan fingerprint density at radius 2 is 1.84 bits per heavy atom. The summed E-state index contributed by atoms with van der Waals surface area (Å²) < 4.78 is 15.8. The van der Waals surface area contributed by atoms with E-state index in [1.807, 2.05) is 54.9 Å². The van der Waals surface area contributed by atoms with Gasteiger partial charge in [0.15, 0.2) is 0 Å². The molecule has 2 N–H and O–H groups in total. The Bertz CT molecular complexity index is 1590. The molecule has 38 heavy (non-hydrogen) atoms. The van der Waals surface area contributed by atoms with Gasteiger partial charge in [0.2, 0.25) is 0 Å². The number of aryl methyl sites for hydroxylation is 1. The number of hydrogen-bond donors (Lipinski definition) is 2. The molecule has 2 amide bonds. The second-order valence-electron chi connectivity index (χ2n) is 9.69. The van der Waals surface area contributed by atoms with Crippen molar-refractivity contribution in [1.82, 2.24) is 19.4 Å². The van der Waals surface area contributed by atoms with Crippen LogP contribution in [0.2, 0.25) is 0 Å². The van der Waals surface area contributed by atoms with Crippen LogP contribution in [0.25, 0.3) is 22.3 Å². The van der Waals surface area contributed by atoms with Crippen molar-refractivity contribution in [2.75, 3.05) is 44.9 Å². The van der Waals surface area contributed by atoms with Crippen molar-refractivity contribution in [3.63, 3.8) is 0 Å². The summed E-state index contributed by atoms with van der Waals surface area (Å²) in [6.45, 7) is 1.35. The second kappa shape index (κ2) is 10.1. The van der Waals surface area contributed by atoms with Gasteiger partial charge in [-0.15, -0.1) is 0 Å². The summed E-state index contributed by atoms with van der Waals surface area (Å²) in [7, 11) is 7.62. The molecule has 2 heterocycles. The fourth-order valence-corrected chi connectivity index (χ4v) is 4.51. The van der Waals surface area contributed by atoms with Crippen molar-refractivity contribution in [3.8, 4) is 0 Å². The Kier molecular flexibility index (Phi) is 6.69. The number of likely N-dealkylation sites (N-methyl/N-ethyl adjacent to an activating group) is 2. The van der Waals surface area contributed by atoms with Crippen LogP contribution in [0.5, 0.6) is 0 Å². The molecule has 3 aromatic carbocycles. The van der Waals surface area contributed by atoms with Crippen LogP contribution in [0.3, 0.4) is 0 Å². The first kappa shape index (κ1) is 25.2. The van der Waals surface area contributed by atoms with Crippen LogP contribution >= 0.6 is 0 Å². The van der Waals surface area contributed by atoms with Crippen molar-refractivity contribution >= 4 is 45.5 Å². The van der Waals surface area contributed by atoms with Gasteiger partial charge in [0, 0.05) is 49.6 Å². The lowest BCUT2D eigenvalue weighted by Crippen LogP contribution is -2.33. The SMILES string of the molecule is CN(C)CCN(C)C(=O)c1cccc(NC(=C2C(=O)Nc3cc(F)ccc32)c2ccc3c(c2)ncn3C)c1. The van der Waals surface area contributed by atoms with Crippen LogP contribution in [-0.4, -0.2) is 65.4 Å². The molecular formula is C29H29FN6O2. The van der Waals surface area contributed by atoms with Crippen LogP contribution in [-0.2, 0) is 11.8 Å². The molecule has 0 fully saturated rings. The van der Waals surface area contributed by atoms with Crippen LogP contribution in [0.15, 0.2) is 67.0 Å². The van der Waals surface area contributed by atoms with E-state index in [0.29, 0.717) is 40.3 Å². The summed E-state index contributed by atoms with van der Waals surface area (Å²) in [5, 5.41) is 6.16. The number of fused-ring (bicyclic) bond motifs is 2. The molecule has 1 aromatic heterocycles. The molecule has 8 nitrogen and oxygen atoms in total. The third-order valence-electron chi connectivity index (χ3n) is 6.60. The number of imidazole rings is 1. The molecule has 4 aromatic rings. The van der Waals surface area contributed by atoms with Crippen molar-refractivity contribution in [2.45, 2.75) is 0 Å². The molecule has 0 unspecified atom stereocenters. The van der Waals surface area contributed by atoms with Crippen molar-refractivity contribution < 1.29 is 14.0 Å². The minimum absolute atomic E-state index is 0.0981. The lowest BCUT2D eigenvalue weighted by atomic mass is 9.99. The molecule has 1 aliphatic rings. The minimum Gasteiger partial charge on any atom is -0.354 e. The minimum atomic E-state index is -0.431. The zero-order chi connectivity index (χ0) is 27.0. The average Bonchev–Trinajstić information content (AvgIpc) is 3.43. The Morgan fingerprint density at radius 3 is 2.63 bits per heavy atom. The van der Waals surface area contributed by atoms with E-state index in [2.05, 4.69) is 15.6 Å².